The van der Waals surface area contributed by atoms with E-state index in [-0.39, 0.29) is 12.0 Å². The van der Waals surface area contributed by atoms with Gasteiger partial charge in [-0.25, -0.2) is 0 Å². The fraction of sp³-hybridized carbons (Fsp3) is 0.917. The first-order valence-corrected chi connectivity index (χ1v) is 6.57. The summed E-state index contributed by atoms with van der Waals surface area (Å²) in [6.45, 7) is 9.92. The number of nitrogens with zero attached hydrogens (tertiary/aromatic N) is 1. The van der Waals surface area contributed by atoms with Gasteiger partial charge < -0.3 is 15.4 Å². The van der Waals surface area contributed by atoms with Gasteiger partial charge in [-0.15, -0.1) is 0 Å². The predicted molar refractivity (Wildman–Crippen MR) is 68.0 cm³/mol. The van der Waals surface area contributed by atoms with Crippen LogP contribution in [-0.2, 0) is 9.53 Å². The van der Waals surface area contributed by atoms with Crippen molar-refractivity contribution in [2.24, 2.45) is 0 Å². The normalized spacial score (nSPS) is 21.4. The molecule has 1 aliphatic heterocycles. The standard InChI is InChI=1S/C12H25N3O2/c1-3-5-14-12(16)9-13-8-11-10-15(4-2)6-7-17-11/h11,13H,3-10H2,1-2H3,(H,14,16). The highest BCUT2D eigenvalue weighted by Crippen LogP contribution is 2.03. The summed E-state index contributed by atoms with van der Waals surface area (Å²) < 4.78 is 5.64. The van der Waals surface area contributed by atoms with Gasteiger partial charge >= 0.3 is 0 Å². The minimum Gasteiger partial charge on any atom is -0.374 e. The van der Waals surface area contributed by atoms with Crippen LogP contribution in [0.1, 0.15) is 20.3 Å². The number of hydrogen-bond donors (Lipinski definition) is 2. The van der Waals surface area contributed by atoms with Gasteiger partial charge in [-0.3, -0.25) is 9.69 Å². The average Bonchev–Trinajstić information content (AvgIpc) is 2.36. The Morgan fingerprint density at radius 1 is 1.47 bits per heavy atom. The Balaban J connectivity index is 2.07. The van der Waals surface area contributed by atoms with Crippen molar-refractivity contribution in [1.29, 1.82) is 0 Å². The first kappa shape index (κ1) is 14.4. The molecule has 0 radical (unpaired) electrons. The van der Waals surface area contributed by atoms with E-state index in [0.717, 1.165) is 45.8 Å². The molecule has 2 N–H and O–H groups in total. The maximum absolute atomic E-state index is 11.3. The molecule has 1 rings (SSSR count). The molecule has 0 aromatic heterocycles. The number of ether oxygens (including phenoxy) is 1. The fourth-order valence-electron chi connectivity index (χ4n) is 1.86. The summed E-state index contributed by atoms with van der Waals surface area (Å²) in [6.07, 6.45) is 1.19. The Labute approximate surface area is 104 Å². The van der Waals surface area contributed by atoms with Crippen molar-refractivity contribution in [2.75, 3.05) is 45.9 Å². The monoisotopic (exact) mass is 243 g/mol. The zero-order valence-electron chi connectivity index (χ0n) is 11.0. The van der Waals surface area contributed by atoms with Crippen molar-refractivity contribution in [3.8, 4) is 0 Å². The molecule has 5 nitrogen and oxygen atoms in total. The van der Waals surface area contributed by atoms with E-state index < -0.39 is 0 Å². The fourth-order valence-corrected chi connectivity index (χ4v) is 1.86. The number of morpholine rings is 1. The summed E-state index contributed by atoms with van der Waals surface area (Å²) in [4.78, 5) is 13.7. The lowest BCUT2D eigenvalue weighted by atomic mass is 10.2. The minimum absolute atomic E-state index is 0.0648. The number of nitrogens with one attached hydrogen (secondary N) is 2. The van der Waals surface area contributed by atoms with Crippen molar-refractivity contribution in [3.05, 3.63) is 0 Å². The van der Waals surface area contributed by atoms with Crippen LogP contribution in [0.5, 0.6) is 0 Å². The van der Waals surface area contributed by atoms with Crippen LogP contribution in [-0.4, -0.2) is 62.8 Å². The van der Waals surface area contributed by atoms with Crippen LogP contribution in [0, 0.1) is 0 Å². The second kappa shape index (κ2) is 8.44. The summed E-state index contributed by atoms with van der Waals surface area (Å²) >= 11 is 0. The second-order valence-electron chi connectivity index (χ2n) is 4.37. The van der Waals surface area contributed by atoms with Gasteiger partial charge in [0.15, 0.2) is 0 Å². The number of carbonyl (C=O) groups excluding carboxylic acids is 1. The van der Waals surface area contributed by atoms with Gasteiger partial charge in [0.25, 0.3) is 0 Å². The molecule has 100 valence electrons. The summed E-state index contributed by atoms with van der Waals surface area (Å²) in [7, 11) is 0. The Morgan fingerprint density at radius 3 is 3.00 bits per heavy atom. The van der Waals surface area contributed by atoms with Gasteiger partial charge in [0.2, 0.25) is 5.91 Å². The van der Waals surface area contributed by atoms with Gasteiger partial charge in [-0.1, -0.05) is 13.8 Å². The molecule has 0 saturated carbocycles. The van der Waals surface area contributed by atoms with E-state index in [1.165, 1.54) is 0 Å². The van der Waals surface area contributed by atoms with Crippen molar-refractivity contribution in [1.82, 2.24) is 15.5 Å². The van der Waals surface area contributed by atoms with Crippen LogP contribution < -0.4 is 10.6 Å². The molecule has 1 fully saturated rings. The maximum Gasteiger partial charge on any atom is 0.233 e. The second-order valence-corrected chi connectivity index (χ2v) is 4.37. The first-order chi connectivity index (χ1) is 8.26. The van der Waals surface area contributed by atoms with Crippen LogP contribution in [0.2, 0.25) is 0 Å². The van der Waals surface area contributed by atoms with Crippen molar-refractivity contribution < 1.29 is 9.53 Å². The van der Waals surface area contributed by atoms with E-state index in [1.807, 2.05) is 6.92 Å². The van der Waals surface area contributed by atoms with Crippen molar-refractivity contribution >= 4 is 5.91 Å². The molecule has 1 heterocycles. The van der Waals surface area contributed by atoms with Gasteiger partial charge in [0.05, 0.1) is 19.3 Å². The van der Waals surface area contributed by atoms with Crippen molar-refractivity contribution in [3.63, 3.8) is 0 Å². The summed E-state index contributed by atoms with van der Waals surface area (Å²) in [5.74, 6) is 0.0648. The summed E-state index contributed by atoms with van der Waals surface area (Å²) in [5.41, 5.74) is 0. The first-order valence-electron chi connectivity index (χ1n) is 6.57. The van der Waals surface area contributed by atoms with Gasteiger partial charge in [-0.05, 0) is 13.0 Å². The molecule has 5 heteroatoms. The lowest BCUT2D eigenvalue weighted by Crippen LogP contribution is -2.47. The van der Waals surface area contributed by atoms with E-state index in [1.54, 1.807) is 0 Å². The van der Waals surface area contributed by atoms with Gasteiger partial charge in [0.1, 0.15) is 0 Å². The van der Waals surface area contributed by atoms with E-state index in [0.29, 0.717) is 6.54 Å². The molecule has 1 saturated heterocycles. The van der Waals surface area contributed by atoms with E-state index in [2.05, 4.69) is 22.5 Å². The topological polar surface area (TPSA) is 53.6 Å². The molecule has 1 unspecified atom stereocenters. The molecular formula is C12H25N3O2. The van der Waals surface area contributed by atoms with Crippen LogP contribution in [0.4, 0.5) is 0 Å². The van der Waals surface area contributed by atoms with Crippen LogP contribution >= 0.6 is 0 Å². The largest absolute Gasteiger partial charge is 0.374 e. The van der Waals surface area contributed by atoms with Crippen molar-refractivity contribution in [2.45, 2.75) is 26.4 Å². The maximum atomic E-state index is 11.3. The SMILES string of the molecule is CCCNC(=O)CNCC1CN(CC)CCO1. The van der Waals surface area contributed by atoms with Crippen LogP contribution in [0.3, 0.4) is 0 Å². The minimum atomic E-state index is 0.0648. The molecule has 0 aromatic rings. The molecule has 1 amide bonds. The Morgan fingerprint density at radius 2 is 2.29 bits per heavy atom. The van der Waals surface area contributed by atoms with Gasteiger partial charge in [-0.2, -0.15) is 0 Å². The highest BCUT2D eigenvalue weighted by atomic mass is 16.5. The smallest absolute Gasteiger partial charge is 0.233 e. The van der Waals surface area contributed by atoms with Crippen LogP contribution in [0.15, 0.2) is 0 Å². The number of amides is 1. The molecule has 17 heavy (non-hydrogen) atoms. The third-order valence-electron chi connectivity index (χ3n) is 2.90. The average molecular weight is 243 g/mol. The number of rotatable bonds is 7. The summed E-state index contributed by atoms with van der Waals surface area (Å²) in [5, 5.41) is 5.98. The molecule has 1 atom stereocenters. The Bertz CT molecular complexity index is 224. The Hall–Kier alpha value is -0.650. The number of carbonyl (C=O) groups is 1. The summed E-state index contributed by atoms with van der Waals surface area (Å²) in [6, 6.07) is 0. The van der Waals surface area contributed by atoms with E-state index in [9.17, 15) is 4.79 Å². The lowest BCUT2D eigenvalue weighted by Gasteiger charge is -2.32. The molecule has 0 aromatic carbocycles. The third-order valence-corrected chi connectivity index (χ3v) is 2.90. The zero-order chi connectivity index (χ0) is 12.5. The highest BCUT2D eigenvalue weighted by Gasteiger charge is 2.18. The van der Waals surface area contributed by atoms with Gasteiger partial charge in [0, 0.05) is 26.2 Å². The van der Waals surface area contributed by atoms with E-state index >= 15 is 0 Å². The molecule has 0 aliphatic carbocycles. The van der Waals surface area contributed by atoms with Crippen LogP contribution in [0.25, 0.3) is 0 Å². The molecule has 0 spiro atoms. The zero-order valence-corrected chi connectivity index (χ0v) is 11.0. The number of hydrogen-bond acceptors (Lipinski definition) is 4. The molecular weight excluding hydrogens is 218 g/mol. The molecule has 1 aliphatic rings. The third kappa shape index (κ3) is 6.00. The molecule has 0 bridgehead atoms. The van der Waals surface area contributed by atoms with E-state index in [4.69, 9.17) is 4.74 Å². The Kier molecular flexibility index (Phi) is 7.16. The predicted octanol–water partition coefficient (Wildman–Crippen LogP) is -0.177. The lowest BCUT2D eigenvalue weighted by molar-refractivity contribution is -0.120. The number of likely N-dealkylation sites (N-methyl/N-ethyl adjacent to an activating group) is 1. The quantitative estimate of drug-likeness (QED) is 0.651. The highest BCUT2D eigenvalue weighted by molar-refractivity contribution is 5.77.